The molecule has 0 aliphatic heterocycles. The molecule has 0 spiro atoms. The standard InChI is InChI=1S/C11H25NO2/c1-4-7-12-10-11(5-2)14-9-8-13-6-3/h11-12H,4-10H2,1-3H3. The molecule has 86 valence electrons. The molecule has 1 atom stereocenters. The number of rotatable bonds is 10. The Hall–Kier alpha value is -0.120. The molecule has 0 aromatic rings. The molecular formula is C11H25NO2. The Morgan fingerprint density at radius 1 is 1.14 bits per heavy atom. The van der Waals surface area contributed by atoms with Crippen molar-refractivity contribution in [2.24, 2.45) is 0 Å². The number of hydrogen-bond donors (Lipinski definition) is 1. The van der Waals surface area contributed by atoms with Gasteiger partial charge in [0.1, 0.15) is 0 Å². The topological polar surface area (TPSA) is 30.5 Å². The van der Waals surface area contributed by atoms with Crippen molar-refractivity contribution in [3.05, 3.63) is 0 Å². The molecule has 0 fully saturated rings. The van der Waals surface area contributed by atoms with Crippen LogP contribution >= 0.6 is 0 Å². The molecule has 0 aromatic carbocycles. The van der Waals surface area contributed by atoms with E-state index in [1.54, 1.807) is 0 Å². The Bertz CT molecular complexity index is 109. The maximum absolute atomic E-state index is 5.65. The molecule has 3 heteroatoms. The van der Waals surface area contributed by atoms with Crippen LogP contribution in [0.2, 0.25) is 0 Å². The molecule has 0 aromatic heterocycles. The highest BCUT2D eigenvalue weighted by atomic mass is 16.5. The Kier molecular flexibility index (Phi) is 10.9. The number of hydrogen-bond acceptors (Lipinski definition) is 3. The van der Waals surface area contributed by atoms with Crippen LogP contribution in [0.3, 0.4) is 0 Å². The van der Waals surface area contributed by atoms with Gasteiger partial charge < -0.3 is 14.8 Å². The third kappa shape index (κ3) is 8.48. The third-order valence-corrected chi connectivity index (χ3v) is 2.04. The predicted octanol–water partition coefficient (Wildman–Crippen LogP) is 1.82. The molecule has 0 saturated heterocycles. The van der Waals surface area contributed by atoms with Gasteiger partial charge in [-0.25, -0.2) is 0 Å². The van der Waals surface area contributed by atoms with Crippen molar-refractivity contribution in [1.29, 1.82) is 0 Å². The van der Waals surface area contributed by atoms with Crippen LogP contribution in [0, 0.1) is 0 Å². The fourth-order valence-electron chi connectivity index (χ4n) is 1.18. The first kappa shape index (κ1) is 13.9. The summed E-state index contributed by atoms with van der Waals surface area (Å²) >= 11 is 0. The first-order valence-corrected chi connectivity index (χ1v) is 5.75. The van der Waals surface area contributed by atoms with Gasteiger partial charge >= 0.3 is 0 Å². The summed E-state index contributed by atoms with van der Waals surface area (Å²) in [5, 5.41) is 3.36. The maximum atomic E-state index is 5.65. The van der Waals surface area contributed by atoms with Gasteiger partial charge in [0.05, 0.1) is 19.3 Å². The molecule has 0 aliphatic carbocycles. The summed E-state index contributed by atoms with van der Waals surface area (Å²) < 4.78 is 10.9. The quantitative estimate of drug-likeness (QED) is 0.549. The van der Waals surface area contributed by atoms with Crippen LogP contribution in [0.25, 0.3) is 0 Å². The van der Waals surface area contributed by atoms with Gasteiger partial charge in [-0.2, -0.15) is 0 Å². The summed E-state index contributed by atoms with van der Waals surface area (Å²) in [6.07, 6.45) is 2.57. The van der Waals surface area contributed by atoms with Crippen molar-refractivity contribution in [3.63, 3.8) is 0 Å². The van der Waals surface area contributed by atoms with Gasteiger partial charge in [0.25, 0.3) is 0 Å². The maximum Gasteiger partial charge on any atom is 0.0704 e. The molecule has 0 bridgehead atoms. The highest BCUT2D eigenvalue weighted by Gasteiger charge is 2.04. The summed E-state index contributed by atoms with van der Waals surface area (Å²) in [4.78, 5) is 0. The van der Waals surface area contributed by atoms with E-state index in [0.717, 1.165) is 26.1 Å². The van der Waals surface area contributed by atoms with E-state index < -0.39 is 0 Å². The molecule has 0 amide bonds. The molecular weight excluding hydrogens is 178 g/mol. The summed E-state index contributed by atoms with van der Waals surface area (Å²) in [7, 11) is 0. The highest BCUT2D eigenvalue weighted by molar-refractivity contribution is 4.59. The van der Waals surface area contributed by atoms with Gasteiger partial charge in [0, 0.05) is 13.2 Å². The van der Waals surface area contributed by atoms with E-state index in [-0.39, 0.29) is 0 Å². The van der Waals surface area contributed by atoms with Crippen LogP contribution in [0.4, 0.5) is 0 Å². The van der Waals surface area contributed by atoms with Crippen LogP contribution in [0.1, 0.15) is 33.6 Å². The van der Waals surface area contributed by atoms with E-state index in [4.69, 9.17) is 9.47 Å². The van der Waals surface area contributed by atoms with Crippen molar-refractivity contribution in [2.75, 3.05) is 32.9 Å². The van der Waals surface area contributed by atoms with E-state index in [1.807, 2.05) is 6.92 Å². The summed E-state index contributed by atoms with van der Waals surface area (Å²) in [6, 6.07) is 0. The zero-order valence-corrected chi connectivity index (χ0v) is 9.84. The van der Waals surface area contributed by atoms with Gasteiger partial charge in [-0.1, -0.05) is 13.8 Å². The lowest BCUT2D eigenvalue weighted by Crippen LogP contribution is -2.30. The zero-order chi connectivity index (χ0) is 10.6. The Morgan fingerprint density at radius 2 is 1.93 bits per heavy atom. The minimum atomic E-state index is 0.335. The van der Waals surface area contributed by atoms with Crippen molar-refractivity contribution in [2.45, 2.75) is 39.7 Å². The second-order valence-electron chi connectivity index (χ2n) is 3.30. The van der Waals surface area contributed by atoms with Crippen LogP contribution < -0.4 is 5.32 Å². The Labute approximate surface area is 88.2 Å². The summed E-state index contributed by atoms with van der Waals surface area (Å²) in [5.41, 5.74) is 0. The second-order valence-corrected chi connectivity index (χ2v) is 3.30. The second kappa shape index (κ2) is 11.0. The number of nitrogens with one attached hydrogen (secondary N) is 1. The lowest BCUT2D eigenvalue weighted by atomic mass is 10.2. The van der Waals surface area contributed by atoms with E-state index in [1.165, 1.54) is 6.42 Å². The average Bonchev–Trinajstić information content (AvgIpc) is 2.22. The molecule has 1 N–H and O–H groups in total. The Morgan fingerprint density at radius 3 is 2.50 bits per heavy atom. The van der Waals surface area contributed by atoms with Gasteiger partial charge in [-0.15, -0.1) is 0 Å². The van der Waals surface area contributed by atoms with Crippen molar-refractivity contribution in [3.8, 4) is 0 Å². The van der Waals surface area contributed by atoms with E-state index in [9.17, 15) is 0 Å². The lowest BCUT2D eigenvalue weighted by molar-refractivity contribution is 0.00661. The fourth-order valence-corrected chi connectivity index (χ4v) is 1.18. The van der Waals surface area contributed by atoms with Gasteiger partial charge in [-0.3, -0.25) is 0 Å². The molecule has 14 heavy (non-hydrogen) atoms. The minimum Gasteiger partial charge on any atom is -0.379 e. The van der Waals surface area contributed by atoms with E-state index in [2.05, 4.69) is 19.2 Å². The average molecular weight is 203 g/mol. The SMILES string of the molecule is CCCNCC(CC)OCCOCC. The zero-order valence-electron chi connectivity index (χ0n) is 9.84. The number of ether oxygens (including phenoxy) is 2. The van der Waals surface area contributed by atoms with E-state index in [0.29, 0.717) is 19.3 Å². The lowest BCUT2D eigenvalue weighted by Gasteiger charge is -2.16. The van der Waals surface area contributed by atoms with E-state index >= 15 is 0 Å². The summed E-state index contributed by atoms with van der Waals surface area (Å²) in [5.74, 6) is 0. The summed E-state index contributed by atoms with van der Waals surface area (Å²) in [6.45, 7) is 10.5. The van der Waals surface area contributed by atoms with Crippen LogP contribution in [0.5, 0.6) is 0 Å². The van der Waals surface area contributed by atoms with Gasteiger partial charge in [0.15, 0.2) is 0 Å². The largest absolute Gasteiger partial charge is 0.379 e. The van der Waals surface area contributed by atoms with Crippen LogP contribution in [0.15, 0.2) is 0 Å². The molecule has 0 radical (unpaired) electrons. The van der Waals surface area contributed by atoms with Crippen molar-refractivity contribution in [1.82, 2.24) is 5.32 Å². The molecule has 0 rings (SSSR count). The van der Waals surface area contributed by atoms with Crippen LogP contribution in [-0.2, 0) is 9.47 Å². The molecule has 3 nitrogen and oxygen atoms in total. The predicted molar refractivity (Wildman–Crippen MR) is 59.7 cm³/mol. The Balaban J connectivity index is 3.28. The molecule has 0 heterocycles. The smallest absolute Gasteiger partial charge is 0.0704 e. The third-order valence-electron chi connectivity index (χ3n) is 2.04. The molecule has 1 unspecified atom stereocenters. The monoisotopic (exact) mass is 203 g/mol. The first-order valence-electron chi connectivity index (χ1n) is 5.75. The van der Waals surface area contributed by atoms with Crippen molar-refractivity contribution < 1.29 is 9.47 Å². The first-order chi connectivity index (χ1) is 6.85. The minimum absolute atomic E-state index is 0.335. The van der Waals surface area contributed by atoms with Gasteiger partial charge in [-0.05, 0) is 26.3 Å². The highest BCUT2D eigenvalue weighted by Crippen LogP contribution is 1.96. The molecule has 0 aliphatic rings. The molecule has 0 saturated carbocycles. The normalized spacial score (nSPS) is 13.1. The van der Waals surface area contributed by atoms with Crippen LogP contribution in [-0.4, -0.2) is 39.0 Å². The van der Waals surface area contributed by atoms with Gasteiger partial charge in [0.2, 0.25) is 0 Å². The fraction of sp³-hybridized carbons (Fsp3) is 1.00. The van der Waals surface area contributed by atoms with Crippen molar-refractivity contribution >= 4 is 0 Å².